The minimum atomic E-state index is -3.82. The largest absolute Gasteiger partial charge is 0.312 e. The third kappa shape index (κ3) is 4.48. The summed E-state index contributed by atoms with van der Waals surface area (Å²) in [4.78, 5) is 16.9. The van der Waals surface area contributed by atoms with Crippen LogP contribution in [0.4, 0.5) is 0 Å². The van der Waals surface area contributed by atoms with Crippen LogP contribution in [0.2, 0.25) is 5.02 Å². The first-order valence-electron chi connectivity index (χ1n) is 8.08. The van der Waals surface area contributed by atoms with Gasteiger partial charge in [-0.15, -0.1) is 6.58 Å². The number of benzene rings is 2. The van der Waals surface area contributed by atoms with E-state index in [2.05, 4.69) is 11.6 Å². The molecule has 28 heavy (non-hydrogen) atoms. The Morgan fingerprint density at radius 3 is 2.71 bits per heavy atom. The predicted molar refractivity (Wildman–Crippen MR) is 112 cm³/mol. The summed E-state index contributed by atoms with van der Waals surface area (Å²) in [5.41, 5.74) is 1.44. The number of hydrogen-bond donors (Lipinski definition) is 1. The Morgan fingerprint density at radius 1 is 1.29 bits per heavy atom. The average Bonchev–Trinajstić information content (AvgIpc) is 2.97. The quantitative estimate of drug-likeness (QED) is 0.493. The SMILES string of the molecule is C=CCn1c(=NC(=O)C=Cc2ccccc2Cl)sc2cc(S(N)(=O)=O)ccc21. The monoisotopic (exact) mass is 433 g/mol. The second kappa shape index (κ2) is 8.24. The molecule has 1 aromatic heterocycles. The van der Waals surface area contributed by atoms with Crippen LogP contribution in [0.5, 0.6) is 0 Å². The number of hydrogen-bond acceptors (Lipinski definition) is 4. The van der Waals surface area contributed by atoms with E-state index in [1.807, 2.05) is 6.07 Å². The molecule has 0 saturated heterocycles. The Morgan fingerprint density at radius 2 is 2.04 bits per heavy atom. The van der Waals surface area contributed by atoms with E-state index in [4.69, 9.17) is 16.7 Å². The highest BCUT2D eigenvalue weighted by Crippen LogP contribution is 2.21. The molecule has 3 rings (SSSR count). The van der Waals surface area contributed by atoms with E-state index in [1.165, 1.54) is 29.5 Å². The molecule has 0 aliphatic rings. The Balaban J connectivity index is 2.05. The number of amides is 1. The minimum absolute atomic E-state index is 0.00324. The van der Waals surface area contributed by atoms with Crippen LogP contribution in [-0.4, -0.2) is 18.9 Å². The number of primary sulfonamides is 1. The van der Waals surface area contributed by atoms with Gasteiger partial charge < -0.3 is 4.57 Å². The Hall–Kier alpha value is -2.52. The summed E-state index contributed by atoms with van der Waals surface area (Å²) in [5.74, 6) is -0.462. The number of nitrogens with two attached hydrogens (primary N) is 1. The zero-order valence-electron chi connectivity index (χ0n) is 14.6. The normalized spacial score (nSPS) is 12.7. The van der Waals surface area contributed by atoms with E-state index in [1.54, 1.807) is 41.0 Å². The first-order valence-corrected chi connectivity index (χ1v) is 10.8. The zero-order valence-corrected chi connectivity index (χ0v) is 17.0. The van der Waals surface area contributed by atoms with Gasteiger partial charge in [-0.25, -0.2) is 13.6 Å². The zero-order chi connectivity index (χ0) is 20.3. The number of carbonyl (C=O) groups is 1. The van der Waals surface area contributed by atoms with Gasteiger partial charge in [0.05, 0.1) is 15.1 Å². The molecule has 9 heteroatoms. The van der Waals surface area contributed by atoms with Crippen molar-refractivity contribution in [3.8, 4) is 0 Å². The summed E-state index contributed by atoms with van der Waals surface area (Å²) < 4.78 is 25.6. The van der Waals surface area contributed by atoms with Gasteiger partial charge in [0.15, 0.2) is 4.80 Å². The molecule has 0 radical (unpaired) electrons. The number of rotatable bonds is 5. The summed E-state index contributed by atoms with van der Waals surface area (Å²) >= 11 is 7.27. The summed E-state index contributed by atoms with van der Waals surface area (Å²) in [6.07, 6.45) is 4.60. The van der Waals surface area contributed by atoms with Gasteiger partial charge in [-0.1, -0.05) is 47.2 Å². The highest BCUT2D eigenvalue weighted by Gasteiger charge is 2.12. The van der Waals surface area contributed by atoms with Crippen molar-refractivity contribution in [2.45, 2.75) is 11.4 Å². The molecule has 0 aliphatic carbocycles. The van der Waals surface area contributed by atoms with Gasteiger partial charge in [0.2, 0.25) is 10.0 Å². The van der Waals surface area contributed by atoms with Crippen molar-refractivity contribution >= 4 is 55.2 Å². The molecule has 0 unspecified atom stereocenters. The number of fused-ring (bicyclic) bond motifs is 1. The van der Waals surface area contributed by atoms with Gasteiger partial charge in [0, 0.05) is 17.6 Å². The van der Waals surface area contributed by atoms with Gasteiger partial charge in [-0.05, 0) is 35.9 Å². The molecule has 0 saturated carbocycles. The maximum absolute atomic E-state index is 12.3. The fourth-order valence-electron chi connectivity index (χ4n) is 2.52. The standard InChI is InChI=1S/C19H16ClN3O3S2/c1-2-11-23-16-9-8-14(28(21,25)26)12-17(16)27-19(23)22-18(24)10-7-13-5-3-4-6-15(13)20/h2-10,12H,1,11H2,(H2,21,25,26). The van der Waals surface area contributed by atoms with Crippen molar-refractivity contribution in [1.29, 1.82) is 0 Å². The second-order valence-electron chi connectivity index (χ2n) is 5.76. The van der Waals surface area contributed by atoms with E-state index < -0.39 is 15.9 Å². The molecular weight excluding hydrogens is 418 g/mol. The molecule has 0 aliphatic heterocycles. The van der Waals surface area contributed by atoms with Crippen LogP contribution in [0.3, 0.4) is 0 Å². The first kappa shape index (κ1) is 20.2. The van der Waals surface area contributed by atoms with E-state index in [-0.39, 0.29) is 4.90 Å². The number of sulfonamides is 1. The lowest BCUT2D eigenvalue weighted by Crippen LogP contribution is -2.15. The Kier molecular flexibility index (Phi) is 5.95. The number of halogens is 1. The number of carbonyl (C=O) groups excluding carboxylic acids is 1. The van der Waals surface area contributed by atoms with Crippen molar-refractivity contribution in [2.75, 3.05) is 0 Å². The number of nitrogens with zero attached hydrogens (tertiary/aromatic N) is 2. The fourth-order valence-corrected chi connectivity index (χ4v) is 4.42. The molecule has 0 fully saturated rings. The summed E-state index contributed by atoms with van der Waals surface area (Å²) in [5, 5.41) is 5.73. The molecule has 6 nitrogen and oxygen atoms in total. The maximum atomic E-state index is 12.3. The fraction of sp³-hybridized carbons (Fsp3) is 0.0526. The van der Waals surface area contributed by atoms with E-state index in [0.717, 1.165) is 5.52 Å². The van der Waals surface area contributed by atoms with Crippen LogP contribution < -0.4 is 9.94 Å². The smallest absolute Gasteiger partial charge is 0.272 e. The van der Waals surface area contributed by atoms with Crippen molar-refractivity contribution in [3.05, 3.63) is 76.6 Å². The topological polar surface area (TPSA) is 94.5 Å². The van der Waals surface area contributed by atoms with Gasteiger partial charge in [0.1, 0.15) is 0 Å². The summed E-state index contributed by atoms with van der Waals surface area (Å²) in [7, 11) is -3.82. The van der Waals surface area contributed by atoms with Gasteiger partial charge in [0.25, 0.3) is 5.91 Å². The van der Waals surface area contributed by atoms with E-state index >= 15 is 0 Å². The molecule has 0 atom stereocenters. The third-order valence-corrected chi connectivity index (χ3v) is 6.11. The molecular formula is C19H16ClN3O3S2. The lowest BCUT2D eigenvalue weighted by molar-refractivity contribution is -0.113. The first-order chi connectivity index (χ1) is 13.3. The van der Waals surface area contributed by atoms with Crippen molar-refractivity contribution in [3.63, 3.8) is 0 Å². The van der Waals surface area contributed by atoms with Crippen molar-refractivity contribution in [1.82, 2.24) is 4.57 Å². The van der Waals surface area contributed by atoms with Crippen LogP contribution in [0.25, 0.3) is 16.3 Å². The van der Waals surface area contributed by atoms with Crippen LogP contribution in [-0.2, 0) is 21.4 Å². The predicted octanol–water partition coefficient (Wildman–Crippen LogP) is 3.33. The molecule has 3 aromatic rings. The Bertz CT molecular complexity index is 1270. The number of thiazole rings is 1. The van der Waals surface area contributed by atoms with Crippen LogP contribution in [0.15, 0.2) is 71.1 Å². The molecule has 0 spiro atoms. The van der Waals surface area contributed by atoms with E-state index in [0.29, 0.717) is 26.6 Å². The van der Waals surface area contributed by atoms with Gasteiger partial charge in [-0.2, -0.15) is 4.99 Å². The second-order valence-corrected chi connectivity index (χ2v) is 8.74. The summed E-state index contributed by atoms with van der Waals surface area (Å²) in [6, 6.07) is 11.7. The minimum Gasteiger partial charge on any atom is -0.312 e. The third-order valence-electron chi connectivity index (χ3n) is 3.81. The lowest BCUT2D eigenvalue weighted by Gasteiger charge is -2.02. The van der Waals surface area contributed by atoms with Gasteiger partial charge in [-0.3, -0.25) is 4.79 Å². The molecule has 144 valence electrons. The molecule has 1 amide bonds. The molecule has 2 aromatic carbocycles. The average molecular weight is 434 g/mol. The maximum Gasteiger partial charge on any atom is 0.272 e. The van der Waals surface area contributed by atoms with Crippen LogP contribution in [0.1, 0.15) is 5.56 Å². The number of aromatic nitrogens is 1. The number of allylic oxidation sites excluding steroid dienone is 1. The molecule has 0 bridgehead atoms. The molecule has 2 N–H and O–H groups in total. The molecule has 1 heterocycles. The van der Waals surface area contributed by atoms with Crippen molar-refractivity contribution < 1.29 is 13.2 Å². The summed E-state index contributed by atoms with van der Waals surface area (Å²) in [6.45, 7) is 4.13. The van der Waals surface area contributed by atoms with Crippen LogP contribution in [0, 0.1) is 0 Å². The van der Waals surface area contributed by atoms with Crippen LogP contribution >= 0.6 is 22.9 Å². The highest BCUT2D eigenvalue weighted by molar-refractivity contribution is 7.89. The van der Waals surface area contributed by atoms with Crippen molar-refractivity contribution in [2.24, 2.45) is 10.1 Å². The highest BCUT2D eigenvalue weighted by atomic mass is 35.5. The Labute approximate surface area is 171 Å². The van der Waals surface area contributed by atoms with Gasteiger partial charge >= 0.3 is 0 Å². The van der Waals surface area contributed by atoms with E-state index in [9.17, 15) is 13.2 Å². The lowest BCUT2D eigenvalue weighted by atomic mass is 10.2.